The Morgan fingerprint density at radius 2 is 1.77 bits per heavy atom. The summed E-state index contributed by atoms with van der Waals surface area (Å²) in [6, 6.07) is 13.3. The van der Waals surface area contributed by atoms with Crippen LogP contribution in [-0.4, -0.2) is 55.2 Å². The van der Waals surface area contributed by atoms with Crippen molar-refractivity contribution >= 4 is 34.9 Å². The molecule has 1 heterocycles. The Hall–Kier alpha value is -2.37. The van der Waals surface area contributed by atoms with Gasteiger partial charge in [-0.2, -0.15) is 0 Å². The lowest BCUT2D eigenvalue weighted by Crippen LogP contribution is -2.47. The topological polar surface area (TPSA) is 23.6 Å². The van der Waals surface area contributed by atoms with E-state index in [1.165, 1.54) is 11.0 Å². The van der Waals surface area contributed by atoms with Gasteiger partial charge >= 0.3 is 0 Å². The highest BCUT2D eigenvalue weighted by atomic mass is 32.2. The van der Waals surface area contributed by atoms with Crippen molar-refractivity contribution in [1.82, 2.24) is 9.80 Å². The zero-order chi connectivity index (χ0) is 21.3. The Kier molecular flexibility index (Phi) is 6.11. The molecule has 30 heavy (non-hydrogen) atoms. The minimum absolute atomic E-state index is 0.123. The molecule has 0 atom stereocenters. The molecule has 0 saturated carbocycles. The molecule has 0 N–H and O–H groups in total. The quantitative estimate of drug-likeness (QED) is 0.645. The van der Waals surface area contributed by atoms with Crippen LogP contribution in [0.3, 0.4) is 0 Å². The van der Waals surface area contributed by atoms with Crippen LogP contribution in [0.15, 0.2) is 52.9 Å². The van der Waals surface area contributed by atoms with Crippen LogP contribution in [-0.2, 0) is 4.79 Å². The summed E-state index contributed by atoms with van der Waals surface area (Å²) in [5.41, 5.74) is 6.03. The van der Waals surface area contributed by atoms with Crippen LogP contribution in [0.5, 0.6) is 0 Å². The third kappa shape index (κ3) is 4.23. The molecule has 5 heteroatoms. The third-order valence-electron chi connectivity index (χ3n) is 6.06. The van der Waals surface area contributed by atoms with E-state index in [2.05, 4.69) is 48.5 Å². The smallest absolute Gasteiger partial charge is 0.227 e. The second-order valence-corrected chi connectivity index (χ2v) is 8.87. The molecule has 1 aliphatic heterocycles. The maximum atomic E-state index is 14.1. The molecule has 0 spiro atoms. The van der Waals surface area contributed by atoms with Crippen LogP contribution in [0.25, 0.3) is 17.2 Å². The summed E-state index contributed by atoms with van der Waals surface area (Å²) < 4.78 is 14.1. The number of piperazine rings is 1. The molecule has 3 nitrogen and oxygen atoms in total. The van der Waals surface area contributed by atoms with Gasteiger partial charge in [-0.15, -0.1) is 11.8 Å². The normalized spacial score (nSPS) is 18.3. The van der Waals surface area contributed by atoms with Crippen LogP contribution < -0.4 is 0 Å². The van der Waals surface area contributed by atoms with Gasteiger partial charge in [0.05, 0.1) is 6.42 Å². The van der Waals surface area contributed by atoms with Gasteiger partial charge in [0.2, 0.25) is 5.91 Å². The maximum absolute atomic E-state index is 14.1. The summed E-state index contributed by atoms with van der Waals surface area (Å²) in [5.74, 6) is -0.144. The van der Waals surface area contributed by atoms with E-state index in [1.54, 1.807) is 17.8 Å². The zero-order valence-electron chi connectivity index (χ0n) is 17.7. The van der Waals surface area contributed by atoms with Crippen molar-refractivity contribution < 1.29 is 9.18 Å². The van der Waals surface area contributed by atoms with E-state index in [0.717, 1.165) is 59.6 Å². The molecule has 156 valence electrons. The number of amides is 1. The molecule has 0 aromatic heterocycles. The van der Waals surface area contributed by atoms with Crippen molar-refractivity contribution in [1.29, 1.82) is 0 Å². The van der Waals surface area contributed by atoms with E-state index in [9.17, 15) is 9.18 Å². The first-order valence-electron chi connectivity index (χ1n) is 10.3. The number of allylic oxidation sites excluding steroid dienone is 2. The van der Waals surface area contributed by atoms with E-state index < -0.39 is 0 Å². The molecule has 4 rings (SSSR count). The molecule has 1 aliphatic carbocycles. The lowest BCUT2D eigenvalue weighted by atomic mass is 10.0. The minimum atomic E-state index is -0.267. The molecular weight excluding hydrogens is 395 g/mol. The zero-order valence-corrected chi connectivity index (χ0v) is 18.6. The van der Waals surface area contributed by atoms with Crippen molar-refractivity contribution in [3.63, 3.8) is 0 Å². The van der Waals surface area contributed by atoms with E-state index in [-0.39, 0.29) is 11.7 Å². The number of benzene rings is 2. The predicted octanol–water partition coefficient (Wildman–Crippen LogP) is 5.04. The summed E-state index contributed by atoms with van der Waals surface area (Å²) in [6.45, 7) is 5.34. The van der Waals surface area contributed by atoms with Crippen molar-refractivity contribution in [2.75, 3.05) is 39.5 Å². The number of hydrogen-bond acceptors (Lipinski definition) is 3. The monoisotopic (exact) mass is 422 g/mol. The number of carbonyl (C=O) groups excluding carboxylic acids is 1. The highest BCUT2D eigenvalue weighted by Crippen LogP contribution is 2.44. The minimum Gasteiger partial charge on any atom is -0.340 e. The molecule has 2 aromatic carbocycles. The first-order valence-corrected chi connectivity index (χ1v) is 11.5. The number of nitrogens with zero attached hydrogens (tertiary/aromatic N) is 2. The third-order valence-corrected chi connectivity index (χ3v) is 6.81. The molecule has 0 unspecified atom stereocenters. The second kappa shape index (κ2) is 8.78. The van der Waals surface area contributed by atoms with Gasteiger partial charge < -0.3 is 9.80 Å². The Bertz CT molecular complexity index is 1020. The van der Waals surface area contributed by atoms with Gasteiger partial charge in [-0.05, 0) is 84.0 Å². The average molecular weight is 423 g/mol. The Balaban J connectivity index is 1.67. The van der Waals surface area contributed by atoms with Crippen LogP contribution >= 0.6 is 11.8 Å². The van der Waals surface area contributed by atoms with Gasteiger partial charge in [-0.25, -0.2) is 4.39 Å². The van der Waals surface area contributed by atoms with Gasteiger partial charge in [0.15, 0.2) is 0 Å². The fraction of sp³-hybridized carbons (Fsp3) is 0.320. The SMILES string of the molecule is CSc1ccc(/C=C2/C(C)=C(CC(=O)N3CCN(C)CC3)c3cc(F)ccc32)cc1. The average Bonchev–Trinajstić information content (AvgIpc) is 3.00. The summed E-state index contributed by atoms with van der Waals surface area (Å²) in [7, 11) is 2.08. The van der Waals surface area contributed by atoms with Crippen LogP contribution in [0.4, 0.5) is 4.39 Å². The molecule has 2 aliphatic rings. The van der Waals surface area contributed by atoms with E-state index in [1.807, 2.05) is 17.9 Å². The number of halogens is 1. The summed E-state index contributed by atoms with van der Waals surface area (Å²) >= 11 is 1.71. The fourth-order valence-corrected chi connectivity index (χ4v) is 4.58. The second-order valence-electron chi connectivity index (χ2n) is 7.99. The van der Waals surface area contributed by atoms with Crippen molar-refractivity contribution in [2.24, 2.45) is 0 Å². The molecule has 1 fully saturated rings. The number of hydrogen-bond donors (Lipinski definition) is 0. The van der Waals surface area contributed by atoms with Crippen molar-refractivity contribution in [3.05, 3.63) is 70.5 Å². The van der Waals surface area contributed by atoms with Crippen LogP contribution in [0.1, 0.15) is 30.0 Å². The largest absolute Gasteiger partial charge is 0.340 e. The number of rotatable bonds is 4. The number of likely N-dealkylation sites (N-methyl/N-ethyl adjacent to an activating group) is 1. The Morgan fingerprint density at radius 3 is 2.43 bits per heavy atom. The van der Waals surface area contributed by atoms with E-state index in [0.29, 0.717) is 6.42 Å². The molecular formula is C25H27FN2OS. The predicted molar refractivity (Wildman–Crippen MR) is 124 cm³/mol. The van der Waals surface area contributed by atoms with Crippen LogP contribution in [0.2, 0.25) is 0 Å². The number of fused-ring (bicyclic) bond motifs is 1. The fourth-order valence-electron chi connectivity index (χ4n) is 4.17. The lowest BCUT2D eigenvalue weighted by molar-refractivity contribution is -0.131. The van der Waals surface area contributed by atoms with Gasteiger partial charge in [-0.1, -0.05) is 18.2 Å². The van der Waals surface area contributed by atoms with Crippen LogP contribution in [0, 0.1) is 5.82 Å². The van der Waals surface area contributed by atoms with Gasteiger partial charge in [0.1, 0.15) is 5.82 Å². The molecule has 2 aromatic rings. The van der Waals surface area contributed by atoms with Gasteiger partial charge in [0.25, 0.3) is 0 Å². The number of carbonyl (C=O) groups is 1. The highest BCUT2D eigenvalue weighted by molar-refractivity contribution is 7.98. The molecule has 1 saturated heterocycles. The van der Waals surface area contributed by atoms with Crippen molar-refractivity contribution in [3.8, 4) is 0 Å². The summed E-state index contributed by atoms with van der Waals surface area (Å²) in [6.07, 6.45) is 4.52. The first-order chi connectivity index (χ1) is 14.5. The van der Waals surface area contributed by atoms with Crippen molar-refractivity contribution in [2.45, 2.75) is 18.2 Å². The summed E-state index contributed by atoms with van der Waals surface area (Å²) in [4.78, 5) is 18.4. The van der Waals surface area contributed by atoms with Gasteiger partial charge in [-0.3, -0.25) is 4.79 Å². The Morgan fingerprint density at radius 1 is 1.07 bits per heavy atom. The van der Waals surface area contributed by atoms with E-state index >= 15 is 0 Å². The first kappa shape index (κ1) is 20.9. The lowest BCUT2D eigenvalue weighted by Gasteiger charge is -2.32. The highest BCUT2D eigenvalue weighted by Gasteiger charge is 2.28. The van der Waals surface area contributed by atoms with Gasteiger partial charge in [0, 0.05) is 31.1 Å². The summed E-state index contributed by atoms with van der Waals surface area (Å²) in [5, 5.41) is 0. The maximum Gasteiger partial charge on any atom is 0.227 e. The number of thioether (sulfide) groups is 1. The Labute approximate surface area is 182 Å². The molecule has 1 amide bonds. The van der Waals surface area contributed by atoms with E-state index in [4.69, 9.17) is 0 Å². The molecule has 0 radical (unpaired) electrons. The molecule has 0 bridgehead atoms. The standard InChI is InChI=1S/C25H27FN2OS/c1-17-22(14-18-4-7-20(30-3)8-5-18)21-9-6-19(26)15-24(21)23(17)16-25(29)28-12-10-27(2)11-13-28/h4-9,14-15H,10-13,16H2,1-3H3/b22-14-.